The van der Waals surface area contributed by atoms with Crippen LogP contribution in [-0.4, -0.2) is 24.5 Å². The molecule has 94 valence electrons. The maximum atomic E-state index is 12.5. The molecular formula is C14H17N3O. The van der Waals surface area contributed by atoms with Crippen molar-refractivity contribution in [1.29, 1.82) is 5.26 Å². The van der Waals surface area contributed by atoms with E-state index < -0.39 is 0 Å². The van der Waals surface area contributed by atoms with Crippen molar-refractivity contribution in [1.82, 2.24) is 5.32 Å². The first-order chi connectivity index (χ1) is 8.74. The van der Waals surface area contributed by atoms with Crippen molar-refractivity contribution in [3.8, 4) is 6.07 Å². The summed E-state index contributed by atoms with van der Waals surface area (Å²) in [6.07, 6.45) is 1.11. The number of para-hydroxylation sites is 1. The van der Waals surface area contributed by atoms with E-state index >= 15 is 0 Å². The first kappa shape index (κ1) is 12.6. The van der Waals surface area contributed by atoms with Crippen molar-refractivity contribution in [3.63, 3.8) is 0 Å². The summed E-state index contributed by atoms with van der Waals surface area (Å²) in [5.41, 5.74) is 0.904. The lowest BCUT2D eigenvalue weighted by Crippen LogP contribution is -2.46. The third-order valence-electron chi connectivity index (χ3n) is 3.26. The van der Waals surface area contributed by atoms with Crippen molar-refractivity contribution in [3.05, 3.63) is 30.3 Å². The van der Waals surface area contributed by atoms with Crippen molar-refractivity contribution in [2.75, 3.05) is 11.4 Å². The molecule has 2 rings (SSSR count). The predicted octanol–water partition coefficient (Wildman–Crippen LogP) is 1.68. The van der Waals surface area contributed by atoms with Crippen LogP contribution in [0.5, 0.6) is 0 Å². The minimum absolute atomic E-state index is 0.00671. The number of benzene rings is 1. The molecule has 2 atom stereocenters. The van der Waals surface area contributed by atoms with E-state index in [2.05, 4.69) is 11.4 Å². The normalized spacial score (nSPS) is 24.4. The fourth-order valence-corrected chi connectivity index (χ4v) is 2.29. The summed E-state index contributed by atoms with van der Waals surface area (Å²) in [6, 6.07) is 11.5. The summed E-state index contributed by atoms with van der Waals surface area (Å²) < 4.78 is 0. The molecule has 1 heterocycles. The van der Waals surface area contributed by atoms with E-state index in [9.17, 15) is 4.79 Å². The van der Waals surface area contributed by atoms with Gasteiger partial charge in [-0.2, -0.15) is 5.26 Å². The molecule has 18 heavy (non-hydrogen) atoms. The second-order valence-corrected chi connectivity index (χ2v) is 4.55. The van der Waals surface area contributed by atoms with E-state index in [1.807, 2.05) is 42.2 Å². The highest BCUT2D eigenvalue weighted by molar-refractivity contribution is 5.98. The Hall–Kier alpha value is -1.86. The summed E-state index contributed by atoms with van der Waals surface area (Å²) in [4.78, 5) is 14.3. The number of carbonyl (C=O) groups is 1. The van der Waals surface area contributed by atoms with Crippen LogP contribution in [0.3, 0.4) is 0 Å². The van der Waals surface area contributed by atoms with Crippen LogP contribution < -0.4 is 10.2 Å². The highest BCUT2D eigenvalue weighted by Crippen LogP contribution is 2.21. The van der Waals surface area contributed by atoms with Crippen molar-refractivity contribution >= 4 is 11.6 Å². The van der Waals surface area contributed by atoms with Gasteiger partial charge in [-0.25, -0.2) is 0 Å². The number of amides is 1. The molecule has 0 saturated carbocycles. The molecule has 1 aliphatic heterocycles. The summed E-state index contributed by atoms with van der Waals surface area (Å²) in [5.74, 6) is -0.00671. The Balaban J connectivity index is 2.30. The second kappa shape index (κ2) is 5.65. The third kappa shape index (κ3) is 2.52. The van der Waals surface area contributed by atoms with Gasteiger partial charge in [-0.15, -0.1) is 0 Å². The van der Waals surface area contributed by atoms with E-state index in [-0.39, 0.29) is 24.4 Å². The third-order valence-corrected chi connectivity index (χ3v) is 3.26. The molecule has 4 nitrogen and oxygen atoms in total. The number of anilines is 1. The summed E-state index contributed by atoms with van der Waals surface area (Å²) >= 11 is 0. The van der Waals surface area contributed by atoms with Gasteiger partial charge in [0.05, 0.1) is 12.5 Å². The Morgan fingerprint density at radius 2 is 2.17 bits per heavy atom. The number of rotatable bonds is 2. The molecule has 1 N–H and O–H groups in total. The minimum Gasteiger partial charge on any atom is -0.308 e. The first-order valence-corrected chi connectivity index (χ1v) is 6.22. The van der Waals surface area contributed by atoms with Crippen LogP contribution >= 0.6 is 0 Å². The molecule has 1 saturated heterocycles. The van der Waals surface area contributed by atoms with Gasteiger partial charge < -0.3 is 10.2 Å². The van der Waals surface area contributed by atoms with Gasteiger partial charge in [-0.3, -0.25) is 4.79 Å². The zero-order chi connectivity index (χ0) is 13.0. The maximum absolute atomic E-state index is 12.5. The molecule has 1 aromatic carbocycles. The zero-order valence-corrected chi connectivity index (χ0v) is 10.5. The van der Waals surface area contributed by atoms with Crippen LogP contribution in [0.1, 0.15) is 19.8 Å². The number of nitrogens with zero attached hydrogens (tertiary/aromatic N) is 2. The van der Waals surface area contributed by atoms with Gasteiger partial charge in [0.2, 0.25) is 5.91 Å². The van der Waals surface area contributed by atoms with Crippen LogP contribution in [0.4, 0.5) is 5.69 Å². The van der Waals surface area contributed by atoms with E-state index in [4.69, 9.17) is 5.26 Å². The van der Waals surface area contributed by atoms with Gasteiger partial charge in [0.25, 0.3) is 0 Å². The Bertz CT molecular complexity index is 452. The summed E-state index contributed by atoms with van der Waals surface area (Å²) in [6.45, 7) is 2.81. The quantitative estimate of drug-likeness (QED) is 0.859. The van der Waals surface area contributed by atoms with E-state index in [0.29, 0.717) is 0 Å². The summed E-state index contributed by atoms with van der Waals surface area (Å²) in [5, 5.41) is 11.9. The van der Waals surface area contributed by atoms with Gasteiger partial charge in [0, 0.05) is 11.7 Å². The molecule has 0 aliphatic carbocycles. The van der Waals surface area contributed by atoms with Crippen LogP contribution in [0.2, 0.25) is 0 Å². The number of hydrogen-bond acceptors (Lipinski definition) is 3. The second-order valence-electron chi connectivity index (χ2n) is 4.55. The lowest BCUT2D eigenvalue weighted by atomic mass is 10.1. The van der Waals surface area contributed by atoms with Gasteiger partial charge in [0.15, 0.2) is 0 Å². The van der Waals surface area contributed by atoms with Crippen molar-refractivity contribution in [2.45, 2.75) is 31.8 Å². The fraction of sp³-hybridized carbons (Fsp3) is 0.429. The van der Waals surface area contributed by atoms with Gasteiger partial charge in [-0.05, 0) is 32.0 Å². The van der Waals surface area contributed by atoms with Gasteiger partial charge in [0.1, 0.15) is 6.04 Å². The maximum Gasteiger partial charge on any atom is 0.245 e. The average molecular weight is 243 g/mol. The standard InChI is InChI=1S/C14H17N3O/c1-11-8-10-16-13(7-9-15)14(18)17(11)12-5-3-2-4-6-12/h2-6,11,13,16H,7-8,10H2,1H3. The Morgan fingerprint density at radius 1 is 1.44 bits per heavy atom. The monoisotopic (exact) mass is 243 g/mol. The molecule has 1 aliphatic rings. The number of hydrogen-bond donors (Lipinski definition) is 1. The lowest BCUT2D eigenvalue weighted by Gasteiger charge is -2.28. The largest absolute Gasteiger partial charge is 0.308 e. The summed E-state index contributed by atoms with van der Waals surface area (Å²) in [7, 11) is 0. The smallest absolute Gasteiger partial charge is 0.245 e. The van der Waals surface area contributed by atoms with Crippen LogP contribution in [0.15, 0.2) is 30.3 Å². The highest BCUT2D eigenvalue weighted by Gasteiger charge is 2.31. The Morgan fingerprint density at radius 3 is 2.83 bits per heavy atom. The van der Waals surface area contributed by atoms with Crippen LogP contribution in [0.25, 0.3) is 0 Å². The molecule has 1 amide bonds. The molecule has 1 fully saturated rings. The zero-order valence-electron chi connectivity index (χ0n) is 10.5. The molecule has 1 aromatic rings. The Labute approximate surface area is 107 Å². The SMILES string of the molecule is CC1CCNC(CC#N)C(=O)N1c1ccccc1. The number of carbonyl (C=O) groups excluding carboxylic acids is 1. The fourth-order valence-electron chi connectivity index (χ4n) is 2.29. The topological polar surface area (TPSA) is 56.1 Å². The molecule has 4 heteroatoms. The van der Waals surface area contributed by atoms with Crippen LogP contribution in [-0.2, 0) is 4.79 Å². The molecule has 0 bridgehead atoms. The predicted molar refractivity (Wildman–Crippen MR) is 70.0 cm³/mol. The molecule has 2 unspecified atom stereocenters. The van der Waals surface area contributed by atoms with E-state index in [1.165, 1.54) is 0 Å². The average Bonchev–Trinajstić information content (AvgIpc) is 2.51. The van der Waals surface area contributed by atoms with Crippen molar-refractivity contribution in [2.24, 2.45) is 0 Å². The minimum atomic E-state index is -0.389. The van der Waals surface area contributed by atoms with Crippen molar-refractivity contribution < 1.29 is 4.79 Å². The van der Waals surface area contributed by atoms with Gasteiger partial charge in [-0.1, -0.05) is 18.2 Å². The highest BCUT2D eigenvalue weighted by atomic mass is 16.2. The Kier molecular flexibility index (Phi) is 3.96. The first-order valence-electron chi connectivity index (χ1n) is 6.22. The molecule has 0 radical (unpaired) electrons. The van der Waals surface area contributed by atoms with E-state index in [1.54, 1.807) is 0 Å². The molecular weight excluding hydrogens is 226 g/mol. The molecule has 0 spiro atoms. The molecule has 0 aromatic heterocycles. The van der Waals surface area contributed by atoms with E-state index in [0.717, 1.165) is 18.7 Å². The van der Waals surface area contributed by atoms with Crippen LogP contribution in [0, 0.1) is 11.3 Å². The number of nitriles is 1. The lowest BCUT2D eigenvalue weighted by molar-refractivity contribution is -0.120. The number of nitrogens with one attached hydrogen (secondary N) is 1. The van der Waals surface area contributed by atoms with Gasteiger partial charge >= 0.3 is 0 Å².